The predicted molar refractivity (Wildman–Crippen MR) is 90.2 cm³/mol. The second kappa shape index (κ2) is 7.33. The SMILES string of the molecule is C[N+](C)=C1C=CC(=C2SC(c3ccccc3)=C[Se]2)C=C1.[Cl-]. The number of hydrogen-bond donors (Lipinski definition) is 0. The monoisotopic (exact) mass is 381 g/mol. The summed E-state index contributed by atoms with van der Waals surface area (Å²) in [7, 11) is 4.15. The van der Waals surface area contributed by atoms with Crippen molar-refractivity contribution in [2.45, 2.75) is 0 Å². The molecule has 0 fully saturated rings. The van der Waals surface area contributed by atoms with Crippen LogP contribution in [0.2, 0.25) is 0 Å². The van der Waals surface area contributed by atoms with Crippen LogP contribution in [0, 0.1) is 0 Å². The molecule has 1 aromatic carbocycles. The predicted octanol–water partition coefficient (Wildman–Crippen LogP) is 0.491. The Balaban J connectivity index is 0.00000161. The maximum Gasteiger partial charge on any atom is -1.00 e. The van der Waals surface area contributed by atoms with E-state index in [1.807, 2.05) is 11.8 Å². The first-order valence-corrected chi connectivity index (χ1v) is 9.15. The van der Waals surface area contributed by atoms with Gasteiger partial charge in [0.25, 0.3) is 0 Å². The summed E-state index contributed by atoms with van der Waals surface area (Å²) in [6.45, 7) is 0. The van der Waals surface area contributed by atoms with Crippen molar-refractivity contribution in [2.24, 2.45) is 0 Å². The second-order valence-corrected chi connectivity index (χ2v) is 8.28. The zero-order valence-corrected chi connectivity index (χ0v) is 15.2. The van der Waals surface area contributed by atoms with Crippen LogP contribution in [-0.2, 0) is 0 Å². The van der Waals surface area contributed by atoms with Gasteiger partial charge in [-0.15, -0.1) is 0 Å². The molecule has 1 heterocycles. The molecule has 0 spiro atoms. The van der Waals surface area contributed by atoms with Crippen LogP contribution in [0.25, 0.3) is 4.91 Å². The van der Waals surface area contributed by atoms with Crippen molar-refractivity contribution < 1.29 is 17.0 Å². The smallest absolute Gasteiger partial charge is 1.00 e. The number of allylic oxidation sites excluding steroid dienone is 5. The van der Waals surface area contributed by atoms with Crippen LogP contribution in [0.5, 0.6) is 0 Å². The minimum Gasteiger partial charge on any atom is -1.00 e. The number of halogens is 1. The Morgan fingerprint density at radius 3 is 2.24 bits per heavy atom. The van der Waals surface area contributed by atoms with E-state index in [4.69, 9.17) is 0 Å². The molecule has 0 N–H and O–H groups in total. The summed E-state index contributed by atoms with van der Waals surface area (Å²) < 4.78 is 3.64. The minimum absolute atomic E-state index is 0. The summed E-state index contributed by atoms with van der Waals surface area (Å²) in [6, 6.07) is 10.7. The van der Waals surface area contributed by atoms with E-state index in [-0.39, 0.29) is 12.4 Å². The van der Waals surface area contributed by atoms with Gasteiger partial charge in [-0.05, 0) is 0 Å². The Hall–Kier alpha value is -0.991. The van der Waals surface area contributed by atoms with Crippen LogP contribution in [-0.4, -0.2) is 39.3 Å². The largest absolute Gasteiger partial charge is 1.00 e. The average molecular weight is 381 g/mol. The Labute approximate surface area is 142 Å². The van der Waals surface area contributed by atoms with Crippen LogP contribution in [0.1, 0.15) is 5.56 Å². The molecule has 0 amide bonds. The number of rotatable bonds is 1. The molecular weight excluding hydrogens is 365 g/mol. The summed E-state index contributed by atoms with van der Waals surface area (Å²) in [5, 5.41) is 0. The van der Waals surface area contributed by atoms with Crippen LogP contribution in [0.15, 0.2) is 69.0 Å². The normalized spacial score (nSPS) is 16.9. The molecule has 0 unspecified atom stereocenters. The number of benzene rings is 1. The zero-order chi connectivity index (χ0) is 13.9. The van der Waals surface area contributed by atoms with Gasteiger partial charge in [-0.1, -0.05) is 0 Å². The van der Waals surface area contributed by atoms with Crippen molar-refractivity contribution in [2.75, 3.05) is 14.1 Å². The molecule has 1 aromatic rings. The first-order valence-electron chi connectivity index (χ1n) is 6.49. The van der Waals surface area contributed by atoms with Crippen molar-refractivity contribution >= 4 is 37.3 Å². The van der Waals surface area contributed by atoms with Gasteiger partial charge in [-0.2, -0.15) is 0 Å². The van der Waals surface area contributed by atoms with E-state index in [1.165, 1.54) is 25.6 Å². The third kappa shape index (κ3) is 3.81. The molecule has 1 aliphatic carbocycles. The fourth-order valence-electron chi connectivity index (χ4n) is 2.01. The molecule has 0 aromatic heterocycles. The van der Waals surface area contributed by atoms with E-state index in [9.17, 15) is 0 Å². The third-order valence-electron chi connectivity index (χ3n) is 3.15. The van der Waals surface area contributed by atoms with Gasteiger partial charge in [-0.25, -0.2) is 0 Å². The van der Waals surface area contributed by atoms with Crippen molar-refractivity contribution in [3.05, 3.63) is 74.6 Å². The molecule has 21 heavy (non-hydrogen) atoms. The summed E-state index contributed by atoms with van der Waals surface area (Å²) in [4.78, 5) is 3.79. The van der Waals surface area contributed by atoms with E-state index in [0.29, 0.717) is 15.0 Å². The number of hydrogen-bond acceptors (Lipinski definition) is 1. The van der Waals surface area contributed by atoms with Crippen molar-refractivity contribution in [1.29, 1.82) is 0 Å². The van der Waals surface area contributed by atoms with Gasteiger partial charge in [0.05, 0.1) is 0 Å². The maximum absolute atomic E-state index is 2.39. The van der Waals surface area contributed by atoms with Crippen molar-refractivity contribution in [3.8, 4) is 0 Å². The molecule has 108 valence electrons. The first kappa shape index (κ1) is 16.4. The summed E-state index contributed by atoms with van der Waals surface area (Å²) in [6.07, 6.45) is 8.86. The van der Waals surface area contributed by atoms with Gasteiger partial charge in [0.2, 0.25) is 0 Å². The Kier molecular flexibility index (Phi) is 5.72. The second-order valence-electron chi connectivity index (χ2n) is 4.80. The van der Waals surface area contributed by atoms with E-state index in [2.05, 4.69) is 78.3 Å². The fraction of sp³-hybridized carbons (Fsp3) is 0.118. The van der Waals surface area contributed by atoms with Gasteiger partial charge in [-0.3, -0.25) is 0 Å². The summed E-state index contributed by atoms with van der Waals surface area (Å²) in [5.41, 5.74) is 3.95. The van der Waals surface area contributed by atoms with Crippen LogP contribution in [0.4, 0.5) is 0 Å². The Morgan fingerprint density at radius 2 is 1.62 bits per heavy atom. The van der Waals surface area contributed by atoms with E-state index in [0.717, 1.165) is 0 Å². The molecule has 0 saturated heterocycles. The maximum atomic E-state index is 2.39. The van der Waals surface area contributed by atoms with Gasteiger partial charge >= 0.3 is 131 Å². The third-order valence-corrected chi connectivity index (χ3v) is 7.19. The zero-order valence-electron chi connectivity index (χ0n) is 11.9. The number of nitrogens with zero attached hydrogens (tertiary/aromatic N) is 1. The molecule has 0 saturated carbocycles. The van der Waals surface area contributed by atoms with Crippen LogP contribution in [0.3, 0.4) is 0 Å². The molecule has 0 bridgehead atoms. The molecule has 2 aliphatic rings. The van der Waals surface area contributed by atoms with Gasteiger partial charge in [0, 0.05) is 0 Å². The van der Waals surface area contributed by atoms with E-state index < -0.39 is 0 Å². The fourth-order valence-corrected chi connectivity index (χ4v) is 5.79. The Bertz CT molecular complexity index is 662. The summed E-state index contributed by atoms with van der Waals surface area (Å²) >= 11 is 2.38. The minimum atomic E-state index is 0. The van der Waals surface area contributed by atoms with E-state index in [1.54, 1.807) is 0 Å². The first-order chi connectivity index (χ1) is 9.74. The van der Waals surface area contributed by atoms with Gasteiger partial charge in [0.15, 0.2) is 0 Å². The average Bonchev–Trinajstić information content (AvgIpc) is 2.98. The van der Waals surface area contributed by atoms with Gasteiger partial charge in [0.1, 0.15) is 0 Å². The standard InChI is InChI=1S/C17H16NSSe.ClH/c1-18(2)15-10-8-14(9-11-15)17-19-16(12-20-17)13-6-4-3-5-7-13;/h3-12H,1-2H3;1H/q+1;/p-1. The van der Waals surface area contributed by atoms with Gasteiger partial charge < -0.3 is 12.4 Å². The molecule has 3 rings (SSSR count). The van der Waals surface area contributed by atoms with E-state index >= 15 is 0 Å². The molecular formula is C17H16ClNSSe. The molecule has 1 aliphatic heterocycles. The topological polar surface area (TPSA) is 3.01 Å². The summed E-state index contributed by atoms with van der Waals surface area (Å²) in [5.74, 6) is 0. The molecule has 0 atom stereocenters. The molecule has 1 nitrogen and oxygen atoms in total. The molecule has 4 heteroatoms. The van der Waals surface area contributed by atoms with Crippen LogP contribution < -0.4 is 12.4 Å². The number of thioether (sulfide) groups is 1. The Morgan fingerprint density at radius 1 is 0.952 bits per heavy atom. The van der Waals surface area contributed by atoms with Crippen molar-refractivity contribution in [1.82, 2.24) is 0 Å². The van der Waals surface area contributed by atoms with Crippen LogP contribution >= 0.6 is 11.8 Å². The quantitative estimate of drug-likeness (QED) is 0.506. The van der Waals surface area contributed by atoms with Crippen molar-refractivity contribution in [3.63, 3.8) is 0 Å². The molecule has 0 radical (unpaired) electrons.